The molecule has 4 rings (SSSR count). The van der Waals surface area contributed by atoms with Crippen LogP contribution in [0, 0.1) is 23.7 Å². The van der Waals surface area contributed by atoms with E-state index in [9.17, 15) is 38.4 Å². The van der Waals surface area contributed by atoms with Crippen LogP contribution in [-0.4, -0.2) is 150 Å². The van der Waals surface area contributed by atoms with Gasteiger partial charge in [-0.25, -0.2) is 4.79 Å². The van der Waals surface area contributed by atoms with Crippen LogP contribution < -0.4 is 31.7 Å². The molecule has 8 amide bonds. The molecule has 0 aliphatic carbocycles. The minimum atomic E-state index is -1.57. The van der Waals surface area contributed by atoms with Crippen LogP contribution in [-0.2, 0) is 59.0 Å². The Labute approximate surface area is 399 Å². The summed E-state index contributed by atoms with van der Waals surface area (Å²) in [6.07, 6.45) is -1.69. The van der Waals surface area contributed by atoms with Crippen molar-refractivity contribution >= 4 is 53.2 Å². The molecule has 1 unspecified atom stereocenters. The Morgan fingerprint density at radius 1 is 0.868 bits per heavy atom. The Kier molecular flexibility index (Phi) is 19.7. The van der Waals surface area contributed by atoms with Crippen molar-refractivity contribution < 1.29 is 57.4 Å². The third-order valence-corrected chi connectivity index (χ3v) is 13.1. The van der Waals surface area contributed by atoms with Crippen LogP contribution in [0.4, 0.5) is 0 Å². The summed E-state index contributed by atoms with van der Waals surface area (Å²) in [4.78, 5) is 131. The van der Waals surface area contributed by atoms with Gasteiger partial charge in [0.2, 0.25) is 47.3 Å². The predicted octanol–water partition coefficient (Wildman–Crippen LogP) is 1.16. The Morgan fingerprint density at radius 3 is 2.07 bits per heavy atom. The van der Waals surface area contributed by atoms with Crippen LogP contribution >= 0.6 is 0 Å². The highest BCUT2D eigenvalue weighted by Gasteiger charge is 2.52. The smallest absolute Gasteiger partial charge is 0.329 e. The zero-order valence-corrected chi connectivity index (χ0v) is 41.5. The molecule has 3 fully saturated rings. The van der Waals surface area contributed by atoms with Gasteiger partial charge in [-0.15, -0.1) is 0 Å². The second-order valence-corrected chi connectivity index (χ2v) is 19.4. The molecule has 0 saturated carbocycles. The number of carbonyl (C=O) groups excluding carboxylic acids is 9. The highest BCUT2D eigenvalue weighted by molar-refractivity contribution is 5.98. The van der Waals surface area contributed by atoms with E-state index >= 15 is 4.79 Å². The molecule has 68 heavy (non-hydrogen) atoms. The van der Waals surface area contributed by atoms with Gasteiger partial charge in [0.25, 0.3) is 0 Å². The zero-order valence-electron chi connectivity index (χ0n) is 41.5. The quantitative estimate of drug-likeness (QED) is 0.155. The van der Waals surface area contributed by atoms with Gasteiger partial charge in [-0.1, -0.05) is 67.0 Å². The minimum absolute atomic E-state index is 0.0174. The normalized spacial score (nSPS) is 27.5. The van der Waals surface area contributed by atoms with E-state index in [1.54, 1.807) is 38.1 Å². The maximum Gasteiger partial charge on any atom is 0.329 e. The number of esters is 1. The second kappa shape index (κ2) is 24.5. The van der Waals surface area contributed by atoms with Crippen LogP contribution in [0.3, 0.4) is 0 Å². The van der Waals surface area contributed by atoms with E-state index in [1.807, 2.05) is 34.6 Å². The van der Waals surface area contributed by atoms with Gasteiger partial charge in [0.05, 0.1) is 7.11 Å². The van der Waals surface area contributed by atoms with Crippen molar-refractivity contribution in [3.05, 3.63) is 29.8 Å². The lowest BCUT2D eigenvalue weighted by atomic mass is 9.93. The lowest BCUT2D eigenvalue weighted by Crippen LogP contribution is -2.65. The number of likely N-dealkylation sites (tertiary alicyclic amines) is 1. The van der Waals surface area contributed by atoms with Gasteiger partial charge in [0, 0.05) is 46.4 Å². The summed E-state index contributed by atoms with van der Waals surface area (Å²) in [6, 6.07) is -2.06. The molecule has 6 N–H and O–H groups in total. The number of primary amides is 1. The van der Waals surface area contributed by atoms with Gasteiger partial charge in [0.1, 0.15) is 60.4 Å². The number of hydrogen-bond donors (Lipinski definition) is 5. The molecule has 3 aliphatic rings. The molecule has 3 heterocycles. The first-order valence-electron chi connectivity index (χ1n) is 23.7. The van der Waals surface area contributed by atoms with Gasteiger partial charge >= 0.3 is 5.97 Å². The molecule has 0 spiro atoms. The molecule has 20 heteroatoms. The van der Waals surface area contributed by atoms with Crippen molar-refractivity contribution in [2.75, 3.05) is 27.8 Å². The summed E-state index contributed by atoms with van der Waals surface area (Å²) in [5.41, 5.74) is 6.07. The summed E-state index contributed by atoms with van der Waals surface area (Å²) < 4.78 is 17.4. The summed E-state index contributed by atoms with van der Waals surface area (Å²) >= 11 is 0. The van der Waals surface area contributed by atoms with E-state index < -0.39 is 120 Å². The number of nitrogens with zero attached hydrogens (tertiary/aromatic N) is 3. The Bertz CT molecular complexity index is 2000. The largest absolute Gasteiger partial charge is 0.497 e. The van der Waals surface area contributed by atoms with E-state index in [2.05, 4.69) is 21.3 Å². The standard InChI is InChI=1S/C48H74N8O12/c1-12-27(6)39-48(65)68-41-28(7)24-55(45(62)32(50-29(8)57)17-19-37(49)58)40(41)44(61)52-34(21-25(2)3)42(59)51-33-18-20-38(67-11)56(46(33)63)36(22-26(4)5)47(64)54(9)35(43(60)53-39)23-30-13-15-31(66-10)16-14-30/h13-16,25-28,32-36,38-41H,12,17-24H2,1-11H3,(H2,49,58)(H,50,57)(H,51,59)(H,52,61)(H,53,60)/t27-,28?,32-,33-,34-,35-,36-,38+,39-,40-,41-/m0/s1. The molecule has 1 aromatic rings. The molecule has 378 valence electrons. The first kappa shape index (κ1) is 54.8. The first-order chi connectivity index (χ1) is 32.0. The number of hydrogen-bond acceptors (Lipinski definition) is 12. The van der Waals surface area contributed by atoms with Crippen LogP contribution in [0.25, 0.3) is 0 Å². The number of carbonyl (C=O) groups is 9. The Hall–Kier alpha value is -5.79. The molecule has 11 atom stereocenters. The third kappa shape index (κ3) is 13.7. The Morgan fingerprint density at radius 2 is 1.51 bits per heavy atom. The highest BCUT2D eigenvalue weighted by Crippen LogP contribution is 2.31. The summed E-state index contributed by atoms with van der Waals surface area (Å²) in [5.74, 6) is -7.42. The number of fused-ring (bicyclic) bond motifs is 3. The van der Waals surface area contributed by atoms with Crippen LogP contribution in [0.15, 0.2) is 24.3 Å². The number of nitrogens with one attached hydrogen (secondary N) is 4. The van der Waals surface area contributed by atoms with E-state index in [4.69, 9.17) is 19.9 Å². The lowest BCUT2D eigenvalue weighted by Gasteiger charge is -2.44. The number of rotatable bonds is 15. The molecule has 3 saturated heterocycles. The lowest BCUT2D eigenvalue weighted by molar-refractivity contribution is -0.169. The topological polar surface area (TPSA) is 265 Å². The van der Waals surface area contributed by atoms with Crippen LogP contribution in [0.5, 0.6) is 5.75 Å². The molecule has 3 aliphatic heterocycles. The number of ether oxygens (including phenoxy) is 3. The zero-order chi connectivity index (χ0) is 50.7. The summed E-state index contributed by atoms with van der Waals surface area (Å²) in [5, 5.41) is 11.1. The molecule has 20 nitrogen and oxygen atoms in total. The van der Waals surface area contributed by atoms with Gasteiger partial charge in [0.15, 0.2) is 0 Å². The number of piperidine rings is 1. The fourth-order valence-corrected chi connectivity index (χ4v) is 9.23. The van der Waals surface area contributed by atoms with E-state index in [-0.39, 0.29) is 63.3 Å². The highest BCUT2D eigenvalue weighted by atomic mass is 16.5. The van der Waals surface area contributed by atoms with Crippen molar-refractivity contribution in [2.24, 2.45) is 29.4 Å². The fourth-order valence-electron chi connectivity index (χ4n) is 9.23. The second-order valence-electron chi connectivity index (χ2n) is 19.4. The summed E-state index contributed by atoms with van der Waals surface area (Å²) in [6.45, 7) is 13.7. The summed E-state index contributed by atoms with van der Waals surface area (Å²) in [7, 11) is 4.42. The molecule has 1 aromatic carbocycles. The maximum atomic E-state index is 15.1. The molecular formula is C48H74N8O12. The van der Waals surface area contributed by atoms with Gasteiger partial charge in [-0.2, -0.15) is 0 Å². The fraction of sp³-hybridized carbons (Fsp3) is 0.688. The van der Waals surface area contributed by atoms with Crippen molar-refractivity contribution in [3.8, 4) is 5.75 Å². The van der Waals surface area contributed by atoms with Crippen molar-refractivity contribution in [2.45, 2.75) is 161 Å². The average Bonchev–Trinajstić information content (AvgIpc) is 3.61. The van der Waals surface area contributed by atoms with E-state index in [0.29, 0.717) is 17.7 Å². The van der Waals surface area contributed by atoms with Crippen molar-refractivity contribution in [1.29, 1.82) is 0 Å². The van der Waals surface area contributed by atoms with Crippen LogP contribution in [0.1, 0.15) is 106 Å². The van der Waals surface area contributed by atoms with Crippen molar-refractivity contribution in [1.82, 2.24) is 36.0 Å². The molecule has 0 aromatic heterocycles. The van der Waals surface area contributed by atoms with E-state index in [0.717, 1.165) is 4.90 Å². The van der Waals surface area contributed by atoms with Gasteiger partial charge in [-0.3, -0.25) is 38.4 Å². The third-order valence-electron chi connectivity index (χ3n) is 13.1. The van der Waals surface area contributed by atoms with Gasteiger partial charge < -0.3 is 55.9 Å². The number of nitrogens with two attached hydrogens (primary N) is 1. The predicted molar refractivity (Wildman–Crippen MR) is 249 cm³/mol. The minimum Gasteiger partial charge on any atom is -0.497 e. The number of likely N-dealkylation sites (N-methyl/N-ethyl adjacent to an activating group) is 1. The first-order valence-corrected chi connectivity index (χ1v) is 23.7. The number of amides is 8. The Balaban J connectivity index is 1.94. The average molecular weight is 955 g/mol. The monoisotopic (exact) mass is 955 g/mol. The van der Waals surface area contributed by atoms with Crippen LogP contribution in [0.2, 0.25) is 0 Å². The SMILES string of the molecule is CC[C@H](C)[C@@H]1NC(=O)[C@H](Cc2ccc(OC)cc2)N(C)C(=O)[C@H](CC(C)C)N2C(=O)[C@H](CC[C@H]2OC)NC(=O)[C@H](CC(C)C)NC(=O)[C@@H]2[C@@H](OC1=O)C(C)CN2C(=O)[C@H](CCC(N)=O)NC(C)=O. The number of benzene rings is 1. The maximum absolute atomic E-state index is 15.1. The van der Waals surface area contributed by atoms with E-state index in [1.165, 1.54) is 38.0 Å². The molecular weight excluding hydrogens is 881 g/mol. The molecule has 2 bridgehead atoms. The van der Waals surface area contributed by atoms with Gasteiger partial charge in [-0.05, 0) is 67.6 Å². The van der Waals surface area contributed by atoms with Crippen molar-refractivity contribution in [3.63, 3.8) is 0 Å². The number of methoxy groups -OCH3 is 2. The molecule has 0 radical (unpaired) electrons.